The van der Waals surface area contributed by atoms with Gasteiger partial charge >= 0.3 is 11.8 Å². The summed E-state index contributed by atoms with van der Waals surface area (Å²) < 4.78 is 13.8. The molecule has 0 saturated heterocycles. The third kappa shape index (κ3) is 5.44. The maximum Gasteiger partial charge on any atom is 0.313 e. The molecule has 0 heterocycles. The minimum atomic E-state index is -1.06. The summed E-state index contributed by atoms with van der Waals surface area (Å²) >= 11 is 11.8. The van der Waals surface area contributed by atoms with Crippen molar-refractivity contribution in [3.05, 3.63) is 57.8 Å². The number of amides is 3. The van der Waals surface area contributed by atoms with E-state index in [-0.39, 0.29) is 23.8 Å². The summed E-state index contributed by atoms with van der Waals surface area (Å²) in [6.45, 7) is 1.29. The molecule has 0 aromatic heterocycles. The Labute approximate surface area is 158 Å². The Kier molecular flexibility index (Phi) is 6.54. The zero-order valence-corrected chi connectivity index (χ0v) is 15.0. The van der Waals surface area contributed by atoms with E-state index in [9.17, 15) is 18.8 Å². The molecule has 0 unspecified atom stereocenters. The third-order valence-electron chi connectivity index (χ3n) is 3.20. The van der Waals surface area contributed by atoms with Crippen LogP contribution in [0.25, 0.3) is 0 Å². The molecular formula is C17H14Cl2FN3O3. The van der Waals surface area contributed by atoms with Gasteiger partial charge in [-0.3, -0.25) is 14.4 Å². The number of nitrogens with one attached hydrogen (secondary N) is 3. The largest absolute Gasteiger partial charge is 0.344 e. The molecule has 0 spiro atoms. The lowest BCUT2D eigenvalue weighted by atomic mass is 10.2. The van der Waals surface area contributed by atoms with Crippen LogP contribution in [0.3, 0.4) is 0 Å². The van der Waals surface area contributed by atoms with Gasteiger partial charge in [0, 0.05) is 29.2 Å². The highest BCUT2D eigenvalue weighted by Gasteiger charge is 2.16. The normalized spacial score (nSPS) is 10.2. The molecule has 0 aliphatic carbocycles. The Hall–Kier alpha value is -2.64. The SMILES string of the molecule is CC(=O)Nc1ccc(F)c(NC(=O)C(=O)NCc2ccc(Cl)cc2Cl)c1. The van der Waals surface area contributed by atoms with Crippen LogP contribution in [0.2, 0.25) is 10.0 Å². The maximum absolute atomic E-state index is 13.8. The number of halogens is 3. The number of anilines is 2. The van der Waals surface area contributed by atoms with Gasteiger partial charge in [0.05, 0.1) is 5.69 Å². The van der Waals surface area contributed by atoms with E-state index in [1.165, 1.54) is 25.1 Å². The highest BCUT2D eigenvalue weighted by molar-refractivity contribution is 6.39. The van der Waals surface area contributed by atoms with Crippen molar-refractivity contribution in [3.63, 3.8) is 0 Å². The van der Waals surface area contributed by atoms with Crippen molar-refractivity contribution in [2.75, 3.05) is 10.6 Å². The predicted octanol–water partition coefficient (Wildman–Crippen LogP) is 3.35. The molecule has 0 fully saturated rings. The lowest BCUT2D eigenvalue weighted by molar-refractivity contribution is -0.136. The monoisotopic (exact) mass is 397 g/mol. The molecule has 6 nitrogen and oxygen atoms in total. The van der Waals surface area contributed by atoms with Gasteiger partial charge in [-0.25, -0.2) is 4.39 Å². The highest BCUT2D eigenvalue weighted by atomic mass is 35.5. The van der Waals surface area contributed by atoms with Crippen LogP contribution in [0.1, 0.15) is 12.5 Å². The minimum Gasteiger partial charge on any atom is -0.344 e. The van der Waals surface area contributed by atoms with Crippen LogP contribution in [-0.2, 0) is 20.9 Å². The molecular weight excluding hydrogens is 384 g/mol. The van der Waals surface area contributed by atoms with E-state index < -0.39 is 17.6 Å². The molecule has 2 aromatic rings. The average molecular weight is 398 g/mol. The first kappa shape index (κ1) is 19.7. The first-order chi connectivity index (χ1) is 12.3. The number of benzene rings is 2. The van der Waals surface area contributed by atoms with Crippen molar-refractivity contribution >= 4 is 52.3 Å². The van der Waals surface area contributed by atoms with Gasteiger partial charge in [0.2, 0.25) is 5.91 Å². The summed E-state index contributed by atoms with van der Waals surface area (Å²) in [5, 5.41) is 7.76. The number of hydrogen-bond donors (Lipinski definition) is 3. The summed E-state index contributed by atoms with van der Waals surface area (Å²) in [5.41, 5.74) is 0.611. The van der Waals surface area contributed by atoms with Crippen LogP contribution in [-0.4, -0.2) is 17.7 Å². The van der Waals surface area contributed by atoms with Crippen LogP contribution in [0.4, 0.5) is 15.8 Å². The van der Waals surface area contributed by atoms with E-state index >= 15 is 0 Å². The molecule has 0 aliphatic rings. The maximum atomic E-state index is 13.8. The first-order valence-corrected chi connectivity index (χ1v) is 8.12. The van der Waals surface area contributed by atoms with E-state index in [1.807, 2.05) is 0 Å². The van der Waals surface area contributed by atoms with Gasteiger partial charge in [-0.05, 0) is 35.9 Å². The van der Waals surface area contributed by atoms with Gasteiger partial charge in [0.15, 0.2) is 0 Å². The quantitative estimate of drug-likeness (QED) is 0.691. The van der Waals surface area contributed by atoms with Crippen LogP contribution in [0.5, 0.6) is 0 Å². The van der Waals surface area contributed by atoms with Crippen molar-refractivity contribution in [2.24, 2.45) is 0 Å². The first-order valence-electron chi connectivity index (χ1n) is 7.36. The third-order valence-corrected chi connectivity index (χ3v) is 3.78. The number of hydrogen-bond acceptors (Lipinski definition) is 3. The van der Waals surface area contributed by atoms with Crippen LogP contribution >= 0.6 is 23.2 Å². The predicted molar refractivity (Wildman–Crippen MR) is 97.6 cm³/mol. The van der Waals surface area contributed by atoms with E-state index in [2.05, 4.69) is 16.0 Å². The molecule has 26 heavy (non-hydrogen) atoms. The van der Waals surface area contributed by atoms with Gasteiger partial charge in [-0.1, -0.05) is 29.3 Å². The zero-order chi connectivity index (χ0) is 19.3. The van der Waals surface area contributed by atoms with Crippen molar-refractivity contribution in [2.45, 2.75) is 13.5 Å². The Bertz CT molecular complexity index is 874. The smallest absolute Gasteiger partial charge is 0.313 e. The fourth-order valence-corrected chi connectivity index (χ4v) is 2.48. The van der Waals surface area contributed by atoms with Gasteiger partial charge in [0.25, 0.3) is 0 Å². The molecule has 3 amide bonds. The lowest BCUT2D eigenvalue weighted by Gasteiger charge is -2.10. The second-order valence-corrected chi connectivity index (χ2v) is 6.09. The van der Waals surface area contributed by atoms with Crippen molar-refractivity contribution in [1.82, 2.24) is 5.32 Å². The molecule has 0 aliphatic heterocycles. The Morgan fingerprint density at radius 2 is 1.73 bits per heavy atom. The van der Waals surface area contributed by atoms with Gasteiger partial charge in [-0.15, -0.1) is 0 Å². The lowest BCUT2D eigenvalue weighted by Crippen LogP contribution is -2.35. The van der Waals surface area contributed by atoms with Crippen molar-refractivity contribution in [3.8, 4) is 0 Å². The molecule has 2 rings (SSSR count). The van der Waals surface area contributed by atoms with Crippen molar-refractivity contribution < 1.29 is 18.8 Å². The highest BCUT2D eigenvalue weighted by Crippen LogP contribution is 2.21. The van der Waals surface area contributed by atoms with Gasteiger partial charge in [0.1, 0.15) is 5.82 Å². The number of rotatable bonds is 4. The average Bonchev–Trinajstić information content (AvgIpc) is 2.56. The molecule has 3 N–H and O–H groups in total. The number of carbonyl (C=O) groups is 3. The van der Waals surface area contributed by atoms with E-state index in [0.29, 0.717) is 15.6 Å². The Morgan fingerprint density at radius 1 is 1.00 bits per heavy atom. The Balaban J connectivity index is 2.00. The van der Waals surface area contributed by atoms with Gasteiger partial charge < -0.3 is 16.0 Å². The summed E-state index contributed by atoms with van der Waals surface area (Å²) in [6.07, 6.45) is 0. The van der Waals surface area contributed by atoms with Crippen LogP contribution in [0.15, 0.2) is 36.4 Å². The molecule has 9 heteroatoms. The molecule has 0 bridgehead atoms. The van der Waals surface area contributed by atoms with E-state index in [4.69, 9.17) is 23.2 Å². The van der Waals surface area contributed by atoms with Crippen molar-refractivity contribution in [1.29, 1.82) is 0 Å². The van der Waals surface area contributed by atoms with Crippen LogP contribution < -0.4 is 16.0 Å². The summed E-state index contributed by atoms with van der Waals surface area (Å²) in [6, 6.07) is 8.31. The molecule has 0 radical (unpaired) electrons. The van der Waals surface area contributed by atoms with Crippen LogP contribution in [0, 0.1) is 5.82 Å². The second kappa shape index (κ2) is 8.64. The standard InChI is InChI=1S/C17H14Cl2FN3O3/c1-9(24)22-12-4-5-14(20)15(7-12)23-17(26)16(25)21-8-10-2-3-11(18)6-13(10)19/h2-7H,8H2,1H3,(H,21,25)(H,22,24)(H,23,26). The molecule has 136 valence electrons. The fourth-order valence-electron chi connectivity index (χ4n) is 2.00. The van der Waals surface area contributed by atoms with E-state index in [1.54, 1.807) is 12.1 Å². The summed E-state index contributed by atoms with van der Waals surface area (Å²) in [7, 11) is 0. The summed E-state index contributed by atoms with van der Waals surface area (Å²) in [4.78, 5) is 34.8. The number of carbonyl (C=O) groups excluding carboxylic acids is 3. The topological polar surface area (TPSA) is 87.3 Å². The zero-order valence-electron chi connectivity index (χ0n) is 13.5. The fraction of sp³-hybridized carbons (Fsp3) is 0.118. The Morgan fingerprint density at radius 3 is 2.38 bits per heavy atom. The summed E-state index contributed by atoms with van der Waals surface area (Å²) in [5.74, 6) is -3.14. The molecule has 0 atom stereocenters. The molecule has 0 saturated carbocycles. The van der Waals surface area contributed by atoms with Gasteiger partial charge in [-0.2, -0.15) is 0 Å². The molecule has 2 aromatic carbocycles. The van der Waals surface area contributed by atoms with E-state index in [0.717, 1.165) is 6.07 Å². The second-order valence-electron chi connectivity index (χ2n) is 5.25. The minimum absolute atomic E-state index is 0.00330.